The van der Waals surface area contributed by atoms with Crippen molar-refractivity contribution < 1.29 is 9.53 Å². The van der Waals surface area contributed by atoms with Crippen molar-refractivity contribution in [2.24, 2.45) is 0 Å². The van der Waals surface area contributed by atoms with Crippen molar-refractivity contribution >= 4 is 11.7 Å². The maximum Gasteiger partial charge on any atom is 0.274 e. The molecule has 4 rings (SSSR count). The van der Waals surface area contributed by atoms with Gasteiger partial charge in [-0.1, -0.05) is 0 Å². The van der Waals surface area contributed by atoms with Crippen LogP contribution in [0.25, 0.3) is 5.82 Å². The first-order valence-electron chi connectivity index (χ1n) is 8.92. The van der Waals surface area contributed by atoms with Gasteiger partial charge in [-0.2, -0.15) is 5.10 Å². The monoisotopic (exact) mass is 381 g/mol. The lowest BCUT2D eigenvalue weighted by atomic mass is 10.2. The van der Waals surface area contributed by atoms with Crippen LogP contribution >= 0.6 is 0 Å². The van der Waals surface area contributed by atoms with Crippen LogP contribution in [0.2, 0.25) is 0 Å². The summed E-state index contributed by atoms with van der Waals surface area (Å²) in [5.41, 5.74) is 0.312. The number of amides is 1. The molecule has 28 heavy (non-hydrogen) atoms. The van der Waals surface area contributed by atoms with Gasteiger partial charge < -0.3 is 14.5 Å². The molecule has 1 aliphatic rings. The predicted molar refractivity (Wildman–Crippen MR) is 98.3 cm³/mol. The number of hydrogen-bond donors (Lipinski definition) is 0. The topological polar surface area (TPSA) is 115 Å². The second kappa shape index (κ2) is 7.94. The Hall–Kier alpha value is -3.63. The highest BCUT2D eigenvalue weighted by Gasteiger charge is 2.24. The van der Waals surface area contributed by atoms with Gasteiger partial charge in [0.25, 0.3) is 5.91 Å². The summed E-state index contributed by atoms with van der Waals surface area (Å²) in [5.74, 6) is 1.70. The van der Waals surface area contributed by atoms with Gasteiger partial charge in [-0.05, 0) is 13.0 Å². The Bertz CT molecular complexity index is 922. The second-order valence-electron chi connectivity index (χ2n) is 6.04. The third-order valence-corrected chi connectivity index (χ3v) is 4.33. The van der Waals surface area contributed by atoms with Crippen molar-refractivity contribution in [1.29, 1.82) is 0 Å². The van der Waals surface area contributed by atoms with Crippen LogP contribution < -0.4 is 9.64 Å². The molecule has 11 nitrogen and oxygen atoms in total. The first kappa shape index (κ1) is 17.8. The number of carbonyl (C=O) groups excluding carboxylic acids is 1. The number of aromatic nitrogens is 7. The van der Waals surface area contributed by atoms with Gasteiger partial charge in [0, 0.05) is 38.3 Å². The molecule has 0 radical (unpaired) electrons. The molecule has 144 valence electrons. The van der Waals surface area contributed by atoms with E-state index in [4.69, 9.17) is 4.74 Å². The van der Waals surface area contributed by atoms with Crippen LogP contribution in [-0.4, -0.2) is 78.5 Å². The number of rotatable bonds is 5. The average Bonchev–Trinajstić information content (AvgIpc) is 3.29. The van der Waals surface area contributed by atoms with E-state index >= 15 is 0 Å². The molecule has 4 heterocycles. The van der Waals surface area contributed by atoms with Crippen LogP contribution in [0.5, 0.6) is 5.88 Å². The zero-order chi connectivity index (χ0) is 19.3. The summed E-state index contributed by atoms with van der Waals surface area (Å²) in [4.78, 5) is 29.0. The van der Waals surface area contributed by atoms with E-state index in [2.05, 4.69) is 35.1 Å². The minimum Gasteiger partial charge on any atom is -0.477 e. The van der Waals surface area contributed by atoms with Gasteiger partial charge in [0.15, 0.2) is 11.5 Å². The van der Waals surface area contributed by atoms with Crippen molar-refractivity contribution in [1.82, 2.24) is 39.8 Å². The second-order valence-corrected chi connectivity index (χ2v) is 6.04. The van der Waals surface area contributed by atoms with Crippen LogP contribution in [0.4, 0.5) is 5.82 Å². The summed E-state index contributed by atoms with van der Waals surface area (Å²) >= 11 is 0. The van der Waals surface area contributed by atoms with E-state index in [1.54, 1.807) is 28.0 Å². The third kappa shape index (κ3) is 3.72. The molecule has 0 aliphatic carbocycles. The normalized spacial score (nSPS) is 14.2. The maximum absolute atomic E-state index is 12.6. The zero-order valence-electron chi connectivity index (χ0n) is 15.3. The standard InChI is InChI=1S/C17H19N9O2/c1-2-28-16-4-3-13(22-23-16)17(27)25-7-5-24(6-8-25)14-9-15(20-11-19-14)26-12-18-10-21-26/h3-4,9-12H,2,5-8H2,1H3. The Morgan fingerprint density at radius 2 is 1.89 bits per heavy atom. The fourth-order valence-corrected chi connectivity index (χ4v) is 2.92. The van der Waals surface area contributed by atoms with Crippen LogP contribution in [0.15, 0.2) is 37.2 Å². The highest BCUT2D eigenvalue weighted by Crippen LogP contribution is 2.16. The van der Waals surface area contributed by atoms with E-state index in [1.807, 2.05) is 13.0 Å². The molecule has 0 spiro atoms. The third-order valence-electron chi connectivity index (χ3n) is 4.33. The number of piperazine rings is 1. The van der Waals surface area contributed by atoms with Gasteiger partial charge in [-0.3, -0.25) is 4.79 Å². The van der Waals surface area contributed by atoms with E-state index < -0.39 is 0 Å². The summed E-state index contributed by atoms with van der Waals surface area (Å²) in [5, 5.41) is 12.0. The first-order chi connectivity index (χ1) is 13.7. The number of ether oxygens (including phenoxy) is 1. The smallest absolute Gasteiger partial charge is 0.274 e. The SMILES string of the molecule is CCOc1ccc(C(=O)N2CCN(c3cc(-n4cncn4)ncn3)CC2)nn1. The molecule has 1 fully saturated rings. The Morgan fingerprint density at radius 1 is 1.07 bits per heavy atom. The molecule has 1 aliphatic heterocycles. The summed E-state index contributed by atoms with van der Waals surface area (Å²) in [6.07, 6.45) is 4.54. The molecular weight excluding hydrogens is 362 g/mol. The van der Waals surface area contributed by atoms with Crippen molar-refractivity contribution in [2.45, 2.75) is 6.92 Å². The molecule has 1 amide bonds. The van der Waals surface area contributed by atoms with E-state index in [0.29, 0.717) is 50.2 Å². The predicted octanol–water partition coefficient (Wildman–Crippen LogP) is 0.208. The van der Waals surface area contributed by atoms with Crippen molar-refractivity contribution in [2.75, 3.05) is 37.7 Å². The fourth-order valence-electron chi connectivity index (χ4n) is 2.92. The average molecular weight is 381 g/mol. The summed E-state index contributed by atoms with van der Waals surface area (Å²) in [7, 11) is 0. The highest BCUT2D eigenvalue weighted by molar-refractivity contribution is 5.92. The number of hydrogen-bond acceptors (Lipinski definition) is 9. The van der Waals surface area contributed by atoms with Gasteiger partial charge in [-0.25, -0.2) is 19.6 Å². The molecule has 1 saturated heterocycles. The molecule has 0 aromatic carbocycles. The van der Waals surface area contributed by atoms with Gasteiger partial charge in [0.1, 0.15) is 24.8 Å². The Morgan fingerprint density at radius 3 is 2.57 bits per heavy atom. The van der Waals surface area contributed by atoms with Crippen molar-refractivity contribution in [3.05, 3.63) is 42.9 Å². The minimum atomic E-state index is -0.138. The summed E-state index contributed by atoms with van der Waals surface area (Å²) < 4.78 is 6.84. The zero-order valence-corrected chi connectivity index (χ0v) is 15.3. The molecule has 0 N–H and O–H groups in total. The number of nitrogens with zero attached hydrogens (tertiary/aromatic N) is 9. The molecule has 3 aromatic heterocycles. The van der Waals surface area contributed by atoms with Crippen LogP contribution in [0.1, 0.15) is 17.4 Å². The quantitative estimate of drug-likeness (QED) is 0.611. The van der Waals surface area contributed by atoms with Crippen LogP contribution in [0, 0.1) is 0 Å². The van der Waals surface area contributed by atoms with E-state index in [9.17, 15) is 4.79 Å². The summed E-state index contributed by atoms with van der Waals surface area (Å²) in [6.45, 7) is 4.82. The molecule has 3 aromatic rings. The van der Waals surface area contributed by atoms with Gasteiger partial charge >= 0.3 is 0 Å². The fraction of sp³-hybridized carbons (Fsp3) is 0.353. The molecule has 0 atom stereocenters. The maximum atomic E-state index is 12.6. The Balaban J connectivity index is 1.39. The van der Waals surface area contributed by atoms with Crippen LogP contribution in [0.3, 0.4) is 0 Å². The van der Waals surface area contributed by atoms with E-state index in [1.165, 1.54) is 12.7 Å². The highest BCUT2D eigenvalue weighted by atomic mass is 16.5. The van der Waals surface area contributed by atoms with E-state index in [0.717, 1.165) is 5.82 Å². The molecule has 11 heteroatoms. The lowest BCUT2D eigenvalue weighted by Crippen LogP contribution is -2.49. The van der Waals surface area contributed by atoms with Crippen molar-refractivity contribution in [3.63, 3.8) is 0 Å². The van der Waals surface area contributed by atoms with Crippen LogP contribution in [-0.2, 0) is 0 Å². The Kier molecular flexibility index (Phi) is 5.04. The largest absolute Gasteiger partial charge is 0.477 e. The first-order valence-corrected chi connectivity index (χ1v) is 8.92. The number of anilines is 1. The van der Waals surface area contributed by atoms with E-state index in [-0.39, 0.29) is 5.91 Å². The Labute approximate surface area is 161 Å². The molecule has 0 unspecified atom stereocenters. The van der Waals surface area contributed by atoms with Gasteiger partial charge in [-0.15, -0.1) is 10.2 Å². The van der Waals surface area contributed by atoms with Crippen molar-refractivity contribution in [3.8, 4) is 11.7 Å². The lowest BCUT2D eigenvalue weighted by molar-refractivity contribution is 0.0739. The molecule has 0 bridgehead atoms. The number of carbonyl (C=O) groups is 1. The minimum absolute atomic E-state index is 0.138. The molecule has 0 saturated carbocycles. The lowest BCUT2D eigenvalue weighted by Gasteiger charge is -2.35. The van der Waals surface area contributed by atoms with Gasteiger partial charge in [0.2, 0.25) is 5.88 Å². The van der Waals surface area contributed by atoms with Gasteiger partial charge in [0.05, 0.1) is 6.61 Å². The summed E-state index contributed by atoms with van der Waals surface area (Å²) in [6, 6.07) is 5.15. The molecular formula is C17H19N9O2.